The topological polar surface area (TPSA) is 139 Å². The van der Waals surface area contributed by atoms with E-state index < -0.39 is 12.1 Å². The molecule has 1 saturated heterocycles. The molecule has 14 heteroatoms. The molecule has 1 atom stereocenters. The first-order valence-electron chi connectivity index (χ1n) is 13.2. The summed E-state index contributed by atoms with van der Waals surface area (Å²) in [6, 6.07) is 8.39. The Bertz CT molecular complexity index is 1590. The molecule has 1 amide bonds. The Balaban J connectivity index is 0.000000517. The number of rotatable bonds is 5. The molecule has 1 aliphatic rings. The third-order valence-electron chi connectivity index (χ3n) is 6.86. The van der Waals surface area contributed by atoms with Crippen LogP contribution in [0.5, 0.6) is 0 Å². The van der Waals surface area contributed by atoms with Crippen molar-refractivity contribution in [2.24, 2.45) is 0 Å². The van der Waals surface area contributed by atoms with Crippen molar-refractivity contribution in [1.82, 2.24) is 35.0 Å². The molecule has 2 N–H and O–H groups in total. The number of nitrogens with one attached hydrogen (secondary N) is 1. The van der Waals surface area contributed by atoms with Crippen LogP contribution in [0.3, 0.4) is 0 Å². The van der Waals surface area contributed by atoms with Gasteiger partial charge in [-0.3, -0.25) is 4.79 Å². The molecular weight excluding hydrogens is 555 g/mol. The van der Waals surface area contributed by atoms with Gasteiger partial charge in [0.1, 0.15) is 6.33 Å². The summed E-state index contributed by atoms with van der Waals surface area (Å²) in [5.74, 6) is -2.10. The number of likely N-dealkylation sites (tertiary alicyclic amines) is 1. The number of likely N-dealkylation sites (N-methyl/N-ethyl adjacent to an activating group) is 1. The third-order valence-corrected chi connectivity index (χ3v) is 6.86. The fraction of sp³-hybridized carbons (Fsp3) is 0.429. The predicted molar refractivity (Wildman–Crippen MR) is 146 cm³/mol. The van der Waals surface area contributed by atoms with Crippen molar-refractivity contribution >= 4 is 17.4 Å². The van der Waals surface area contributed by atoms with Gasteiger partial charge in [0.25, 0.3) is 11.7 Å². The van der Waals surface area contributed by atoms with Crippen LogP contribution in [0.25, 0.3) is 16.8 Å². The molecule has 0 spiro atoms. The van der Waals surface area contributed by atoms with Gasteiger partial charge in [-0.15, -0.1) is 0 Å². The maximum Gasteiger partial charge on any atom is 0.490 e. The summed E-state index contributed by atoms with van der Waals surface area (Å²) in [5.41, 5.74) is 6.00. The van der Waals surface area contributed by atoms with Crippen molar-refractivity contribution in [3.63, 3.8) is 0 Å². The number of alkyl halides is 3. The van der Waals surface area contributed by atoms with Crippen molar-refractivity contribution in [3.8, 4) is 11.3 Å². The monoisotopic (exact) mass is 587 g/mol. The first kappa shape index (κ1) is 30.6. The molecule has 1 aromatic carbocycles. The van der Waals surface area contributed by atoms with E-state index in [1.165, 1.54) is 5.56 Å². The first-order chi connectivity index (χ1) is 19.6. The highest BCUT2D eigenvalue weighted by atomic mass is 19.4. The second-order valence-electron chi connectivity index (χ2n) is 11.3. The number of fused-ring (bicyclic) bond motifs is 1. The zero-order valence-corrected chi connectivity index (χ0v) is 23.9. The van der Waals surface area contributed by atoms with Gasteiger partial charge in [0.15, 0.2) is 0 Å². The maximum atomic E-state index is 12.5. The molecule has 4 heterocycles. The van der Waals surface area contributed by atoms with Crippen molar-refractivity contribution in [2.45, 2.75) is 58.2 Å². The number of carbonyl (C=O) groups excluding carboxylic acids is 1. The second kappa shape index (κ2) is 11.9. The number of hydrogen-bond donors (Lipinski definition) is 2. The minimum atomic E-state index is -5.08. The van der Waals surface area contributed by atoms with E-state index in [1.54, 1.807) is 6.33 Å². The van der Waals surface area contributed by atoms with Crippen LogP contribution in [0.1, 0.15) is 66.3 Å². The Morgan fingerprint density at radius 1 is 1.19 bits per heavy atom. The molecule has 42 heavy (non-hydrogen) atoms. The lowest BCUT2D eigenvalue weighted by molar-refractivity contribution is -0.192. The Morgan fingerprint density at radius 2 is 1.90 bits per heavy atom. The predicted octanol–water partition coefficient (Wildman–Crippen LogP) is 4.37. The van der Waals surface area contributed by atoms with Gasteiger partial charge in [-0.25, -0.2) is 14.3 Å². The third kappa shape index (κ3) is 7.11. The molecule has 3 aromatic heterocycles. The number of nitrogens with zero attached hydrogens (tertiary/aromatic N) is 6. The zero-order chi connectivity index (χ0) is 30.8. The molecule has 0 bridgehead atoms. The summed E-state index contributed by atoms with van der Waals surface area (Å²) >= 11 is 0. The molecule has 1 unspecified atom stereocenters. The standard InChI is InChI=1S/C26H31N7O2.C2HF3O2/c1-16-10-17(6-7-18(16)12-27-24(34)23-30-25(35-31-23)26(2,3)4)22-21-11-20(14-33(21)29-15-28-22)19-8-9-32(5)13-19;3-2(4,5)1(6)7/h6-7,10-11,14-15,19H,8-9,12-13H2,1-5H3,(H,27,34);(H,6,7). The molecule has 1 fully saturated rings. The van der Waals surface area contributed by atoms with Gasteiger partial charge in [-0.05, 0) is 61.7 Å². The normalized spacial score (nSPS) is 15.9. The van der Waals surface area contributed by atoms with E-state index in [0.717, 1.165) is 47.4 Å². The number of hydrogen-bond acceptors (Lipinski definition) is 8. The molecule has 5 rings (SSSR count). The van der Waals surface area contributed by atoms with Crippen molar-refractivity contribution < 1.29 is 32.4 Å². The van der Waals surface area contributed by atoms with E-state index in [2.05, 4.69) is 55.8 Å². The summed E-state index contributed by atoms with van der Waals surface area (Å²) in [6.45, 7) is 10.5. The lowest BCUT2D eigenvalue weighted by Crippen LogP contribution is -2.24. The summed E-state index contributed by atoms with van der Waals surface area (Å²) < 4.78 is 38.9. The Kier molecular flexibility index (Phi) is 8.66. The van der Waals surface area contributed by atoms with Gasteiger partial charge in [-0.2, -0.15) is 23.3 Å². The number of amides is 1. The van der Waals surface area contributed by atoms with Crippen LogP contribution in [0.2, 0.25) is 0 Å². The first-order valence-corrected chi connectivity index (χ1v) is 13.2. The maximum absolute atomic E-state index is 12.5. The largest absolute Gasteiger partial charge is 0.490 e. The molecule has 0 saturated carbocycles. The molecule has 1 aliphatic heterocycles. The lowest BCUT2D eigenvalue weighted by Gasteiger charge is -2.10. The number of aliphatic carboxylic acids is 1. The van der Waals surface area contributed by atoms with E-state index in [0.29, 0.717) is 18.4 Å². The highest BCUT2D eigenvalue weighted by Crippen LogP contribution is 2.31. The van der Waals surface area contributed by atoms with Crippen LogP contribution in [-0.4, -0.2) is 72.9 Å². The van der Waals surface area contributed by atoms with Crippen LogP contribution in [0.15, 0.2) is 41.3 Å². The smallest absolute Gasteiger partial charge is 0.475 e. The summed E-state index contributed by atoms with van der Waals surface area (Å²) in [7, 11) is 2.17. The van der Waals surface area contributed by atoms with Crippen molar-refractivity contribution in [1.29, 1.82) is 0 Å². The SMILES string of the molecule is Cc1cc(-c2ncnn3cc(C4CCN(C)C4)cc23)ccc1CNC(=O)c1noc(C(C)(C)C)n1.O=C(O)C(F)(F)F. The van der Waals surface area contributed by atoms with Crippen LogP contribution >= 0.6 is 0 Å². The number of aryl methyl sites for hydroxylation is 1. The van der Waals surface area contributed by atoms with Gasteiger partial charge in [-0.1, -0.05) is 38.1 Å². The van der Waals surface area contributed by atoms with Gasteiger partial charge >= 0.3 is 12.1 Å². The van der Waals surface area contributed by atoms with Crippen LogP contribution in [0.4, 0.5) is 13.2 Å². The summed E-state index contributed by atoms with van der Waals surface area (Å²) in [4.78, 5) is 32.6. The summed E-state index contributed by atoms with van der Waals surface area (Å²) in [5, 5.41) is 18.3. The van der Waals surface area contributed by atoms with Gasteiger partial charge in [0.05, 0.1) is 11.2 Å². The molecule has 0 radical (unpaired) electrons. The average molecular weight is 588 g/mol. The van der Waals surface area contributed by atoms with Gasteiger partial charge in [0.2, 0.25) is 5.89 Å². The molecule has 11 nitrogen and oxygen atoms in total. The number of carboxylic acids is 1. The minimum absolute atomic E-state index is 0.0464. The van der Waals surface area contributed by atoms with Crippen LogP contribution in [0, 0.1) is 6.92 Å². The Labute approximate surface area is 239 Å². The van der Waals surface area contributed by atoms with E-state index in [4.69, 9.17) is 14.4 Å². The number of benzene rings is 1. The van der Waals surface area contributed by atoms with E-state index >= 15 is 0 Å². The molecule has 224 valence electrons. The fourth-order valence-corrected chi connectivity index (χ4v) is 4.52. The van der Waals surface area contributed by atoms with Gasteiger partial charge < -0.3 is 19.8 Å². The van der Waals surface area contributed by atoms with Gasteiger partial charge in [0, 0.05) is 30.3 Å². The highest BCUT2D eigenvalue weighted by molar-refractivity contribution is 5.90. The van der Waals surface area contributed by atoms with E-state index in [9.17, 15) is 18.0 Å². The van der Waals surface area contributed by atoms with E-state index in [1.807, 2.05) is 44.3 Å². The van der Waals surface area contributed by atoms with Crippen molar-refractivity contribution in [3.05, 3.63) is 65.2 Å². The molecule has 4 aromatic rings. The zero-order valence-electron chi connectivity index (χ0n) is 23.9. The summed E-state index contributed by atoms with van der Waals surface area (Å²) in [6.07, 6.45) is -0.186. The van der Waals surface area contributed by atoms with Crippen LogP contribution in [-0.2, 0) is 16.8 Å². The van der Waals surface area contributed by atoms with Crippen molar-refractivity contribution in [2.75, 3.05) is 20.1 Å². The van der Waals surface area contributed by atoms with E-state index in [-0.39, 0.29) is 17.1 Å². The van der Waals surface area contributed by atoms with Crippen LogP contribution < -0.4 is 5.32 Å². The fourth-order valence-electron chi connectivity index (χ4n) is 4.52. The Morgan fingerprint density at radius 3 is 2.48 bits per heavy atom. The highest BCUT2D eigenvalue weighted by Gasteiger charge is 2.38. The lowest BCUT2D eigenvalue weighted by atomic mass is 9.97. The number of halogens is 3. The molecular formula is C28H32F3N7O4. The second-order valence-corrected chi connectivity index (χ2v) is 11.3. The minimum Gasteiger partial charge on any atom is -0.475 e. The average Bonchev–Trinajstić information content (AvgIpc) is 3.66. The quantitative estimate of drug-likeness (QED) is 0.349. The molecule has 0 aliphatic carbocycles. The Hall–Kier alpha value is -4.33. The number of aromatic nitrogens is 5. The number of carbonyl (C=O) groups is 2. The number of carboxylic acid groups (broad SMARTS) is 1.